The SMILES string of the molecule is Cc1ccc(S(=O)(=O)N2CCC([S+]3c4ccccc4N(c4ccccc4)C4C=c5ccccc5=CC43)(C3(O)COC3)CC2)cc1. The minimum Gasteiger partial charge on any atom is -0.380 e. The fourth-order valence-electron chi connectivity index (χ4n) is 7.71. The standard InChI is InChI=1S/C37H37N2O4S2/c1-27-15-17-31(18-16-27)45(41,42)38-21-19-37(20-22-38,36(40)25-43-26-36)44-34-14-8-7-13-32(34)39(30-11-3-2-4-12-30)33-23-28-9-5-6-10-29(28)24-35(33)44/h2-18,23-24,33,35,40H,19-22,25-26H2,1H3/q+1. The number of rotatable bonds is 5. The minimum atomic E-state index is -3.66. The normalized spacial score (nSPS) is 25.0. The number of sulfonamides is 1. The zero-order valence-electron chi connectivity index (χ0n) is 25.2. The molecule has 45 heavy (non-hydrogen) atoms. The molecule has 0 radical (unpaired) electrons. The molecule has 0 aromatic heterocycles. The molecule has 0 spiro atoms. The number of piperidine rings is 1. The number of hydrogen-bond acceptors (Lipinski definition) is 5. The van der Waals surface area contributed by atoms with E-state index >= 15 is 0 Å². The van der Waals surface area contributed by atoms with Crippen molar-refractivity contribution >= 4 is 44.4 Å². The van der Waals surface area contributed by atoms with E-state index in [2.05, 4.69) is 89.8 Å². The summed E-state index contributed by atoms with van der Waals surface area (Å²) in [5.74, 6) is 0. The minimum absolute atomic E-state index is 0.0244. The highest BCUT2D eigenvalue weighted by atomic mass is 32.2. The van der Waals surface area contributed by atoms with E-state index in [9.17, 15) is 13.5 Å². The van der Waals surface area contributed by atoms with E-state index in [-0.39, 0.29) is 24.5 Å². The maximum Gasteiger partial charge on any atom is 0.243 e. The van der Waals surface area contributed by atoms with E-state index in [1.54, 1.807) is 16.4 Å². The van der Waals surface area contributed by atoms with Gasteiger partial charge in [0.1, 0.15) is 6.04 Å². The molecule has 3 unspecified atom stereocenters. The van der Waals surface area contributed by atoms with Crippen LogP contribution in [0.2, 0.25) is 0 Å². The van der Waals surface area contributed by atoms with Gasteiger partial charge in [-0.2, -0.15) is 4.31 Å². The predicted molar refractivity (Wildman–Crippen MR) is 181 cm³/mol. The van der Waals surface area contributed by atoms with Gasteiger partial charge in [-0.1, -0.05) is 72.3 Å². The van der Waals surface area contributed by atoms with Crippen LogP contribution in [0.4, 0.5) is 11.4 Å². The molecule has 6 nitrogen and oxygen atoms in total. The van der Waals surface area contributed by atoms with Crippen LogP contribution in [0.5, 0.6) is 0 Å². The van der Waals surface area contributed by atoms with Crippen LogP contribution in [0.1, 0.15) is 18.4 Å². The van der Waals surface area contributed by atoms with Gasteiger partial charge in [0.25, 0.3) is 0 Å². The molecule has 1 aliphatic carbocycles. The number of ether oxygens (including phenoxy) is 1. The van der Waals surface area contributed by atoms with Gasteiger partial charge in [-0.15, -0.1) is 0 Å². The smallest absolute Gasteiger partial charge is 0.243 e. The van der Waals surface area contributed by atoms with Crippen molar-refractivity contribution in [3.63, 3.8) is 0 Å². The van der Waals surface area contributed by atoms with Crippen LogP contribution in [0.3, 0.4) is 0 Å². The first-order valence-corrected chi connectivity index (χ1v) is 18.4. The molecule has 4 aromatic rings. The Morgan fingerprint density at radius 2 is 1.42 bits per heavy atom. The molecule has 1 N–H and O–H groups in total. The summed E-state index contributed by atoms with van der Waals surface area (Å²) >= 11 is 0. The van der Waals surface area contributed by atoms with Gasteiger partial charge in [0.15, 0.2) is 20.5 Å². The Labute approximate surface area is 267 Å². The van der Waals surface area contributed by atoms with Crippen LogP contribution >= 0.6 is 0 Å². The molecule has 2 saturated heterocycles. The van der Waals surface area contributed by atoms with E-state index in [4.69, 9.17) is 4.74 Å². The summed E-state index contributed by atoms with van der Waals surface area (Å²) in [5.41, 5.74) is 2.26. The lowest BCUT2D eigenvalue weighted by Crippen LogP contribution is -2.74. The molecule has 0 saturated carbocycles. The number of hydrogen-bond donors (Lipinski definition) is 1. The molecule has 0 amide bonds. The van der Waals surface area contributed by atoms with Gasteiger partial charge in [0.05, 0.1) is 23.8 Å². The summed E-state index contributed by atoms with van der Waals surface area (Å²) in [6.45, 7) is 3.20. The number of aryl methyl sites for hydroxylation is 1. The highest BCUT2D eigenvalue weighted by Gasteiger charge is 2.71. The first-order valence-electron chi connectivity index (χ1n) is 15.6. The van der Waals surface area contributed by atoms with Crippen molar-refractivity contribution in [3.05, 3.63) is 119 Å². The molecule has 0 bridgehead atoms. The molecule has 3 heterocycles. The van der Waals surface area contributed by atoms with E-state index < -0.39 is 31.3 Å². The number of benzene rings is 4. The van der Waals surface area contributed by atoms with Gasteiger partial charge in [-0.05, 0) is 65.9 Å². The Bertz CT molecular complexity index is 1970. The van der Waals surface area contributed by atoms with Crippen LogP contribution in [0.15, 0.2) is 113 Å². The summed E-state index contributed by atoms with van der Waals surface area (Å²) in [5, 5.41) is 14.9. The Hall–Kier alpha value is -3.40. The van der Waals surface area contributed by atoms with Crippen molar-refractivity contribution in [2.75, 3.05) is 31.2 Å². The largest absolute Gasteiger partial charge is 0.380 e. The van der Waals surface area contributed by atoms with Crippen LogP contribution in [0.25, 0.3) is 12.2 Å². The highest BCUT2D eigenvalue weighted by molar-refractivity contribution is 7.99. The van der Waals surface area contributed by atoms with Crippen molar-refractivity contribution < 1.29 is 18.3 Å². The van der Waals surface area contributed by atoms with Gasteiger partial charge in [0.2, 0.25) is 10.0 Å². The van der Waals surface area contributed by atoms with E-state index in [1.807, 2.05) is 25.1 Å². The molecule has 3 atom stereocenters. The zero-order valence-corrected chi connectivity index (χ0v) is 26.9. The number of nitrogens with zero attached hydrogens (tertiary/aromatic N) is 2. The van der Waals surface area contributed by atoms with E-state index in [1.165, 1.54) is 15.3 Å². The van der Waals surface area contributed by atoms with Crippen molar-refractivity contribution in [3.8, 4) is 0 Å². The second kappa shape index (κ2) is 10.9. The molecule has 8 rings (SSSR count). The van der Waals surface area contributed by atoms with Crippen LogP contribution in [-0.4, -0.2) is 65.8 Å². The summed E-state index contributed by atoms with van der Waals surface area (Å²) in [7, 11) is -4.13. The Balaban J connectivity index is 1.28. The molecule has 4 aromatic carbocycles. The van der Waals surface area contributed by atoms with Crippen molar-refractivity contribution in [2.45, 2.75) is 51.2 Å². The van der Waals surface area contributed by atoms with Gasteiger partial charge < -0.3 is 14.7 Å². The topological polar surface area (TPSA) is 70.1 Å². The molecular weight excluding hydrogens is 601 g/mol. The van der Waals surface area contributed by atoms with Crippen LogP contribution in [-0.2, 0) is 25.7 Å². The first kappa shape index (κ1) is 29.0. The maximum atomic E-state index is 13.8. The van der Waals surface area contributed by atoms with Gasteiger partial charge in [-0.3, -0.25) is 0 Å². The van der Waals surface area contributed by atoms with Crippen molar-refractivity contribution in [2.24, 2.45) is 0 Å². The second-order valence-corrected chi connectivity index (χ2v) is 17.0. The van der Waals surface area contributed by atoms with E-state index in [0.717, 1.165) is 16.9 Å². The quantitative estimate of drug-likeness (QED) is 0.334. The molecule has 8 heteroatoms. The van der Waals surface area contributed by atoms with Crippen LogP contribution in [0, 0.1) is 6.92 Å². The fraction of sp³-hybridized carbons (Fsp3) is 0.297. The third kappa shape index (κ3) is 4.53. The summed E-state index contributed by atoms with van der Waals surface area (Å²) in [6, 6.07) is 34.9. The van der Waals surface area contributed by atoms with Crippen molar-refractivity contribution in [1.82, 2.24) is 4.31 Å². The van der Waals surface area contributed by atoms with Crippen molar-refractivity contribution in [1.29, 1.82) is 0 Å². The fourth-order valence-corrected chi connectivity index (χ4v) is 12.9. The lowest BCUT2D eigenvalue weighted by atomic mass is 9.78. The van der Waals surface area contributed by atoms with Crippen LogP contribution < -0.4 is 15.3 Å². The molecule has 2 fully saturated rings. The molecular formula is C37H37N2O4S2+. The maximum absolute atomic E-state index is 13.8. The number of para-hydroxylation sites is 2. The zero-order chi connectivity index (χ0) is 30.8. The first-order chi connectivity index (χ1) is 21.8. The average Bonchev–Trinajstić information content (AvgIpc) is 3.05. The Kier molecular flexibility index (Phi) is 7.00. The average molecular weight is 638 g/mol. The second-order valence-electron chi connectivity index (χ2n) is 12.7. The van der Waals surface area contributed by atoms with Gasteiger partial charge >= 0.3 is 0 Å². The molecule has 4 aliphatic rings. The van der Waals surface area contributed by atoms with E-state index in [0.29, 0.717) is 30.8 Å². The predicted octanol–water partition coefficient (Wildman–Crippen LogP) is 4.12. The molecule has 3 aliphatic heterocycles. The summed E-state index contributed by atoms with van der Waals surface area (Å²) in [6.07, 6.45) is 5.93. The Morgan fingerprint density at radius 3 is 2.09 bits per heavy atom. The van der Waals surface area contributed by atoms with Gasteiger partial charge in [-0.25, -0.2) is 8.42 Å². The molecule has 230 valence electrons. The third-order valence-corrected chi connectivity index (χ3v) is 15.5. The number of aliphatic hydroxyl groups is 1. The summed E-state index contributed by atoms with van der Waals surface area (Å²) < 4.78 is 34.4. The lowest BCUT2D eigenvalue weighted by Gasteiger charge is -2.55. The monoisotopic (exact) mass is 637 g/mol. The third-order valence-electron chi connectivity index (χ3n) is 10.1. The lowest BCUT2D eigenvalue weighted by molar-refractivity contribution is -0.202. The highest BCUT2D eigenvalue weighted by Crippen LogP contribution is 2.56. The summed E-state index contributed by atoms with van der Waals surface area (Å²) in [4.78, 5) is 4.01. The number of anilines is 2. The number of fused-ring (bicyclic) bond motifs is 3. The Morgan fingerprint density at radius 1 is 0.800 bits per heavy atom. The van der Waals surface area contributed by atoms with Gasteiger partial charge in [0, 0.05) is 42.5 Å².